The highest BCUT2D eigenvalue weighted by atomic mass is 32.2. The number of anilines is 1. The smallest absolute Gasteiger partial charge is 0.354 e. The summed E-state index contributed by atoms with van der Waals surface area (Å²) in [6.07, 6.45) is 4.23. The lowest BCUT2D eigenvalue weighted by molar-refractivity contribution is 0.0685. The molecule has 2 aliphatic rings. The zero-order chi connectivity index (χ0) is 24.6. The van der Waals surface area contributed by atoms with Gasteiger partial charge in [0.2, 0.25) is 0 Å². The van der Waals surface area contributed by atoms with Crippen LogP contribution in [0.4, 0.5) is 10.5 Å². The van der Waals surface area contributed by atoms with Crippen LogP contribution < -0.4 is 10.0 Å². The molecule has 0 saturated carbocycles. The fourth-order valence-corrected chi connectivity index (χ4v) is 5.99. The van der Waals surface area contributed by atoms with Crippen molar-refractivity contribution in [3.8, 4) is 0 Å². The Morgan fingerprint density at radius 1 is 1.24 bits per heavy atom. The predicted octanol–water partition coefficient (Wildman–Crippen LogP) is 1.42. The van der Waals surface area contributed by atoms with Crippen LogP contribution in [0.2, 0.25) is 0 Å². The molecule has 4 rings (SSSR count). The Morgan fingerprint density at radius 3 is 2.65 bits per heavy atom. The molecule has 1 aromatic heterocycles. The summed E-state index contributed by atoms with van der Waals surface area (Å²) >= 11 is 0. The van der Waals surface area contributed by atoms with E-state index in [0.29, 0.717) is 12.2 Å². The molecule has 4 N–H and O–H groups in total. The van der Waals surface area contributed by atoms with Gasteiger partial charge in [0.05, 0.1) is 6.61 Å². The van der Waals surface area contributed by atoms with Gasteiger partial charge in [-0.15, -0.1) is 0 Å². The van der Waals surface area contributed by atoms with E-state index in [1.807, 2.05) is 11.6 Å². The number of fused-ring (bicyclic) bond motifs is 2. The van der Waals surface area contributed by atoms with Gasteiger partial charge in [0.15, 0.2) is 5.03 Å². The van der Waals surface area contributed by atoms with Gasteiger partial charge in [0, 0.05) is 31.4 Å². The molecule has 0 fully saturated rings. The topological polar surface area (TPSA) is 154 Å². The molecule has 184 valence electrons. The van der Waals surface area contributed by atoms with E-state index in [2.05, 4.69) is 21.4 Å². The number of aromatic nitrogens is 2. The number of benzene rings is 1. The minimum absolute atomic E-state index is 0.0626. The van der Waals surface area contributed by atoms with Crippen molar-refractivity contribution in [3.05, 3.63) is 40.1 Å². The van der Waals surface area contributed by atoms with Crippen molar-refractivity contribution in [1.82, 2.24) is 19.4 Å². The van der Waals surface area contributed by atoms with Crippen molar-refractivity contribution >= 4 is 27.7 Å². The van der Waals surface area contributed by atoms with E-state index in [9.17, 15) is 23.1 Å². The Hall–Kier alpha value is -2.96. The normalized spacial score (nSPS) is 17.0. The molecule has 0 radical (unpaired) electrons. The fraction of sp³-hybridized carbons (Fsp3) is 0.500. The summed E-state index contributed by atoms with van der Waals surface area (Å²) in [4.78, 5) is 26.2. The van der Waals surface area contributed by atoms with E-state index >= 15 is 0 Å². The fourth-order valence-electron chi connectivity index (χ4n) is 5.10. The Bertz CT molecular complexity index is 1240. The molecule has 12 heteroatoms. The molecule has 0 saturated heterocycles. The number of carbonyl (C=O) groups is 2. The van der Waals surface area contributed by atoms with Crippen molar-refractivity contribution in [2.45, 2.75) is 50.1 Å². The number of aromatic carboxylic acids is 1. The van der Waals surface area contributed by atoms with Gasteiger partial charge >= 0.3 is 12.0 Å². The van der Waals surface area contributed by atoms with E-state index < -0.39 is 27.0 Å². The molecule has 1 atom stereocenters. The Morgan fingerprint density at radius 2 is 2.00 bits per heavy atom. The van der Waals surface area contributed by atoms with E-state index in [0.717, 1.165) is 71.7 Å². The van der Waals surface area contributed by atoms with Gasteiger partial charge in [0.1, 0.15) is 5.69 Å². The largest absolute Gasteiger partial charge is 0.477 e. The number of amides is 2. The number of carbonyl (C=O) groups excluding carboxylic acids is 1. The maximum Gasteiger partial charge on any atom is 0.354 e. The molecule has 2 aromatic rings. The molecule has 0 spiro atoms. The number of sulfonamides is 1. The quantitative estimate of drug-likeness (QED) is 0.432. The van der Waals surface area contributed by atoms with E-state index in [-0.39, 0.29) is 18.3 Å². The number of rotatable bonds is 8. The Balaban J connectivity index is 1.61. The molecule has 1 heterocycles. The number of nitrogens with zero attached hydrogens (tertiary/aromatic N) is 3. The first kappa shape index (κ1) is 24.2. The lowest BCUT2D eigenvalue weighted by Gasteiger charge is -2.28. The van der Waals surface area contributed by atoms with Crippen LogP contribution in [0.1, 0.15) is 58.5 Å². The summed E-state index contributed by atoms with van der Waals surface area (Å²) in [5.74, 6) is -1.33. The second-order valence-electron chi connectivity index (χ2n) is 8.57. The molecule has 2 aliphatic carbocycles. The third-order valence-electron chi connectivity index (χ3n) is 6.62. The van der Waals surface area contributed by atoms with Crippen LogP contribution in [-0.2, 0) is 36.3 Å². The third-order valence-corrected chi connectivity index (χ3v) is 7.82. The molecule has 2 amide bonds. The van der Waals surface area contributed by atoms with Gasteiger partial charge in [-0.3, -0.25) is 9.58 Å². The number of hydrogen-bond donors (Lipinski definition) is 4. The van der Waals surface area contributed by atoms with E-state index in [1.54, 1.807) is 0 Å². The molecule has 1 unspecified atom stereocenters. The Kier molecular flexibility index (Phi) is 6.65. The summed E-state index contributed by atoms with van der Waals surface area (Å²) in [5, 5.41) is 24.5. The average Bonchev–Trinajstić information content (AvgIpc) is 3.49. The van der Waals surface area contributed by atoms with Crippen molar-refractivity contribution < 1.29 is 28.2 Å². The maximum absolute atomic E-state index is 12.8. The highest BCUT2D eigenvalue weighted by molar-refractivity contribution is 7.90. The lowest BCUT2D eigenvalue weighted by atomic mass is 9.97. The van der Waals surface area contributed by atoms with Crippen molar-refractivity contribution in [3.63, 3.8) is 0 Å². The highest BCUT2D eigenvalue weighted by Crippen LogP contribution is 2.44. The number of urea groups is 1. The molecule has 0 aliphatic heterocycles. The van der Waals surface area contributed by atoms with Gasteiger partial charge in [-0.2, -0.15) is 13.5 Å². The van der Waals surface area contributed by atoms with Gasteiger partial charge in [-0.25, -0.2) is 14.3 Å². The zero-order valence-electron chi connectivity index (χ0n) is 19.2. The van der Waals surface area contributed by atoms with Crippen LogP contribution in [-0.4, -0.2) is 65.0 Å². The van der Waals surface area contributed by atoms with Crippen LogP contribution in [0.15, 0.2) is 17.2 Å². The first-order chi connectivity index (χ1) is 16.2. The van der Waals surface area contributed by atoms with Crippen molar-refractivity contribution in [2.75, 3.05) is 25.0 Å². The summed E-state index contributed by atoms with van der Waals surface area (Å²) in [6.45, 7) is 3.45. The standard InChI is InChI=1S/C22H29N5O6S/c1-3-27(9-10-28)17-8-7-15-16(17)11-13-5-4-6-14(13)20(15)23-22(31)25-34(32,33)19-12-18(21(29)30)26(2)24-19/h11-12,17,28H,3-10H2,1-2H3,(H,29,30)(H2,23,25,31). The predicted molar refractivity (Wildman–Crippen MR) is 123 cm³/mol. The van der Waals surface area contributed by atoms with Gasteiger partial charge < -0.3 is 15.5 Å². The molecule has 0 bridgehead atoms. The SMILES string of the molecule is CCN(CCO)C1CCc2c1cc1c(c2NC(=O)NS(=O)(=O)c2cc(C(=O)O)n(C)n2)CCC1. The number of aliphatic hydroxyl groups is 1. The second-order valence-corrected chi connectivity index (χ2v) is 10.2. The minimum atomic E-state index is -4.37. The summed E-state index contributed by atoms with van der Waals surface area (Å²) in [7, 11) is -3.06. The number of carboxylic acid groups (broad SMARTS) is 1. The monoisotopic (exact) mass is 491 g/mol. The third kappa shape index (κ3) is 4.40. The summed E-state index contributed by atoms with van der Waals surface area (Å²) in [5.41, 5.74) is 4.65. The van der Waals surface area contributed by atoms with Gasteiger partial charge in [-0.1, -0.05) is 13.0 Å². The minimum Gasteiger partial charge on any atom is -0.477 e. The Labute approximate surface area is 197 Å². The second kappa shape index (κ2) is 9.35. The first-order valence-corrected chi connectivity index (χ1v) is 12.8. The van der Waals surface area contributed by atoms with Crippen LogP contribution in [0.5, 0.6) is 0 Å². The molecule has 11 nitrogen and oxygen atoms in total. The molecular formula is C22H29N5O6S. The van der Waals surface area contributed by atoms with Gasteiger partial charge in [-0.05, 0) is 60.9 Å². The van der Waals surface area contributed by atoms with Crippen molar-refractivity contribution in [2.24, 2.45) is 7.05 Å². The van der Waals surface area contributed by atoms with Crippen molar-refractivity contribution in [1.29, 1.82) is 0 Å². The average molecular weight is 492 g/mol. The summed E-state index contributed by atoms with van der Waals surface area (Å²) < 4.78 is 28.2. The molecule has 1 aromatic carbocycles. The van der Waals surface area contributed by atoms with Crippen LogP contribution in [0.25, 0.3) is 0 Å². The number of hydrogen-bond acceptors (Lipinski definition) is 7. The summed E-state index contributed by atoms with van der Waals surface area (Å²) in [6, 6.07) is 2.32. The zero-order valence-corrected chi connectivity index (χ0v) is 20.0. The van der Waals surface area contributed by atoms with Gasteiger partial charge in [0.25, 0.3) is 10.0 Å². The number of aryl methyl sites for hydroxylation is 2. The first-order valence-electron chi connectivity index (χ1n) is 11.3. The van der Waals surface area contributed by atoms with E-state index in [1.165, 1.54) is 7.05 Å². The molecule has 34 heavy (non-hydrogen) atoms. The maximum atomic E-state index is 12.8. The van der Waals surface area contributed by atoms with Crippen LogP contribution in [0, 0.1) is 0 Å². The number of aliphatic hydroxyl groups excluding tert-OH is 1. The highest BCUT2D eigenvalue weighted by Gasteiger charge is 2.33. The van der Waals surface area contributed by atoms with Crippen LogP contribution >= 0.6 is 0 Å². The number of carboxylic acids is 1. The molecular weight excluding hydrogens is 462 g/mol. The number of likely N-dealkylation sites (N-methyl/N-ethyl adjacent to an activating group) is 1. The number of nitrogens with one attached hydrogen (secondary N) is 2. The van der Waals surface area contributed by atoms with Crippen LogP contribution in [0.3, 0.4) is 0 Å². The van der Waals surface area contributed by atoms with E-state index in [4.69, 9.17) is 5.11 Å². The lowest BCUT2D eigenvalue weighted by Crippen LogP contribution is -2.35.